The van der Waals surface area contributed by atoms with E-state index in [1.54, 1.807) is 14.2 Å². The van der Waals surface area contributed by atoms with Crippen LogP contribution in [0, 0.1) is 0 Å². The zero-order chi connectivity index (χ0) is 23.4. The number of methoxy groups -OCH3 is 2. The number of hydrogen-bond acceptors (Lipinski definition) is 6. The van der Waals surface area contributed by atoms with Crippen LogP contribution in [0.2, 0.25) is 0 Å². The number of ether oxygens (including phenoxy) is 3. The fourth-order valence-electron chi connectivity index (χ4n) is 4.25. The van der Waals surface area contributed by atoms with Crippen molar-refractivity contribution in [1.82, 2.24) is 19.9 Å². The molecular weight excluding hydrogens is 416 g/mol. The Kier molecular flexibility index (Phi) is 6.88. The van der Waals surface area contributed by atoms with Crippen LogP contribution in [0.5, 0.6) is 17.2 Å². The summed E-state index contributed by atoms with van der Waals surface area (Å²) < 4.78 is 18.9. The van der Waals surface area contributed by atoms with Crippen LogP contribution in [0.3, 0.4) is 0 Å². The Labute approximate surface area is 196 Å². The van der Waals surface area contributed by atoms with Crippen molar-refractivity contribution < 1.29 is 14.2 Å². The highest BCUT2D eigenvalue weighted by atomic mass is 16.5. The van der Waals surface area contributed by atoms with Gasteiger partial charge in [-0.2, -0.15) is 0 Å². The van der Waals surface area contributed by atoms with E-state index in [1.807, 2.05) is 23.0 Å². The fraction of sp³-hybridized carbons (Fsp3) is 0.462. The van der Waals surface area contributed by atoms with E-state index in [9.17, 15) is 0 Å². The first-order valence-corrected chi connectivity index (χ1v) is 11.4. The molecule has 7 heteroatoms. The molecule has 7 nitrogen and oxygen atoms in total. The number of hydrogen-bond donors (Lipinski definition) is 0. The Morgan fingerprint density at radius 3 is 2.39 bits per heavy atom. The second-order valence-electron chi connectivity index (χ2n) is 9.51. The van der Waals surface area contributed by atoms with Crippen molar-refractivity contribution in [2.24, 2.45) is 0 Å². The maximum Gasteiger partial charge on any atom is 0.161 e. The number of benzene rings is 2. The summed E-state index contributed by atoms with van der Waals surface area (Å²) in [6, 6.07) is 12.4. The summed E-state index contributed by atoms with van der Waals surface area (Å²) in [6.45, 7) is 10.6. The monoisotopic (exact) mass is 450 g/mol. The van der Waals surface area contributed by atoms with Gasteiger partial charge < -0.3 is 14.2 Å². The lowest BCUT2D eigenvalue weighted by Gasteiger charge is -2.29. The summed E-state index contributed by atoms with van der Waals surface area (Å²) in [5, 5.41) is 8.61. The summed E-state index contributed by atoms with van der Waals surface area (Å²) in [6.07, 6.45) is 2.98. The molecule has 0 amide bonds. The molecule has 0 saturated heterocycles. The second kappa shape index (κ2) is 9.83. The lowest BCUT2D eigenvalue weighted by atomic mass is 9.86. The van der Waals surface area contributed by atoms with Crippen LogP contribution >= 0.6 is 0 Å². The minimum Gasteiger partial charge on any atom is -0.493 e. The SMILES string of the molecule is COc1cc2c(cc1OC)CN(CCn1cc(COc3ccccc3C(C)(C)C)nn1)CC2. The summed E-state index contributed by atoms with van der Waals surface area (Å²) in [5.41, 5.74) is 4.68. The lowest BCUT2D eigenvalue weighted by molar-refractivity contribution is 0.238. The van der Waals surface area contributed by atoms with Crippen molar-refractivity contribution in [3.63, 3.8) is 0 Å². The number of aromatic nitrogens is 3. The molecule has 0 radical (unpaired) electrons. The minimum atomic E-state index is 0.0242. The predicted octanol–water partition coefficient (Wildman–Crippen LogP) is 4.23. The Hall–Kier alpha value is -3.06. The van der Waals surface area contributed by atoms with E-state index in [4.69, 9.17) is 14.2 Å². The van der Waals surface area contributed by atoms with Gasteiger partial charge in [-0.15, -0.1) is 5.10 Å². The smallest absolute Gasteiger partial charge is 0.161 e. The van der Waals surface area contributed by atoms with Gasteiger partial charge in [0.1, 0.15) is 18.1 Å². The van der Waals surface area contributed by atoms with Gasteiger partial charge in [-0.3, -0.25) is 9.58 Å². The van der Waals surface area contributed by atoms with Crippen molar-refractivity contribution in [3.05, 3.63) is 65.0 Å². The lowest BCUT2D eigenvalue weighted by Crippen LogP contribution is -2.33. The molecular formula is C26H34N4O3. The van der Waals surface area contributed by atoms with E-state index in [0.717, 1.165) is 55.5 Å². The first-order valence-electron chi connectivity index (χ1n) is 11.4. The van der Waals surface area contributed by atoms with Crippen molar-refractivity contribution >= 4 is 0 Å². The number of rotatable bonds is 8. The van der Waals surface area contributed by atoms with Crippen LogP contribution in [0.4, 0.5) is 0 Å². The largest absolute Gasteiger partial charge is 0.493 e. The number of nitrogens with zero attached hydrogens (tertiary/aromatic N) is 4. The molecule has 4 rings (SSSR count). The first-order chi connectivity index (χ1) is 15.9. The van der Waals surface area contributed by atoms with Gasteiger partial charge in [0.2, 0.25) is 0 Å². The summed E-state index contributed by atoms with van der Waals surface area (Å²) in [7, 11) is 3.36. The fourth-order valence-corrected chi connectivity index (χ4v) is 4.25. The minimum absolute atomic E-state index is 0.0242. The molecule has 0 spiro atoms. The summed E-state index contributed by atoms with van der Waals surface area (Å²) in [4.78, 5) is 2.44. The Bertz CT molecular complexity index is 1090. The molecule has 0 atom stereocenters. The molecule has 0 bridgehead atoms. The molecule has 1 aromatic heterocycles. The average Bonchev–Trinajstić information content (AvgIpc) is 3.27. The van der Waals surface area contributed by atoms with Crippen LogP contribution in [0.1, 0.15) is 43.2 Å². The van der Waals surface area contributed by atoms with Crippen molar-refractivity contribution in [3.8, 4) is 17.2 Å². The Balaban J connectivity index is 1.32. The highest BCUT2D eigenvalue weighted by molar-refractivity contribution is 5.48. The molecule has 0 fully saturated rings. The van der Waals surface area contributed by atoms with Gasteiger partial charge in [0.25, 0.3) is 0 Å². The average molecular weight is 451 g/mol. The Morgan fingerprint density at radius 2 is 1.67 bits per heavy atom. The molecule has 0 unspecified atom stereocenters. The van der Waals surface area contributed by atoms with Gasteiger partial charge >= 0.3 is 0 Å². The van der Waals surface area contributed by atoms with Gasteiger partial charge in [0.15, 0.2) is 11.5 Å². The molecule has 0 saturated carbocycles. The highest BCUT2D eigenvalue weighted by Gasteiger charge is 2.20. The third-order valence-corrected chi connectivity index (χ3v) is 6.10. The second-order valence-corrected chi connectivity index (χ2v) is 9.51. The molecule has 2 heterocycles. The number of para-hydroxylation sites is 1. The molecule has 176 valence electrons. The maximum atomic E-state index is 6.09. The molecule has 0 aliphatic carbocycles. The van der Waals surface area contributed by atoms with E-state index in [-0.39, 0.29) is 5.41 Å². The summed E-state index contributed by atoms with van der Waals surface area (Å²) in [5.74, 6) is 2.48. The van der Waals surface area contributed by atoms with Crippen molar-refractivity contribution in [1.29, 1.82) is 0 Å². The van der Waals surface area contributed by atoms with Crippen LogP contribution in [0.15, 0.2) is 42.6 Å². The van der Waals surface area contributed by atoms with Gasteiger partial charge in [-0.1, -0.05) is 44.2 Å². The molecule has 2 aromatic carbocycles. The molecule has 0 N–H and O–H groups in total. The normalized spacial score (nSPS) is 14.1. The van der Waals surface area contributed by atoms with E-state index in [0.29, 0.717) is 6.61 Å². The zero-order valence-electron chi connectivity index (χ0n) is 20.3. The number of fused-ring (bicyclic) bond motifs is 1. The van der Waals surface area contributed by atoms with Crippen molar-refractivity contribution in [2.75, 3.05) is 27.3 Å². The van der Waals surface area contributed by atoms with Crippen molar-refractivity contribution in [2.45, 2.75) is 52.3 Å². The zero-order valence-corrected chi connectivity index (χ0v) is 20.3. The molecule has 1 aliphatic heterocycles. The topological polar surface area (TPSA) is 61.6 Å². The molecule has 33 heavy (non-hydrogen) atoms. The van der Waals surface area contributed by atoms with Crippen LogP contribution in [-0.4, -0.2) is 47.2 Å². The van der Waals surface area contributed by atoms with E-state index in [1.165, 1.54) is 16.7 Å². The third kappa shape index (κ3) is 5.47. The third-order valence-electron chi connectivity index (χ3n) is 6.10. The van der Waals surface area contributed by atoms with Gasteiger partial charge in [-0.25, -0.2) is 0 Å². The van der Waals surface area contributed by atoms with Crippen LogP contribution < -0.4 is 14.2 Å². The predicted molar refractivity (Wildman–Crippen MR) is 128 cm³/mol. The molecule has 3 aromatic rings. The van der Waals surface area contributed by atoms with Gasteiger partial charge in [-0.05, 0) is 46.7 Å². The summed E-state index contributed by atoms with van der Waals surface area (Å²) >= 11 is 0. The quantitative estimate of drug-likeness (QED) is 0.512. The van der Waals surface area contributed by atoms with Gasteiger partial charge in [0.05, 0.1) is 27.0 Å². The van der Waals surface area contributed by atoms with E-state index in [2.05, 4.69) is 60.2 Å². The van der Waals surface area contributed by atoms with Crippen LogP contribution in [0.25, 0.3) is 0 Å². The van der Waals surface area contributed by atoms with E-state index >= 15 is 0 Å². The highest BCUT2D eigenvalue weighted by Crippen LogP contribution is 2.33. The van der Waals surface area contributed by atoms with Gasteiger partial charge in [0, 0.05) is 19.6 Å². The first kappa shape index (κ1) is 23.1. The Morgan fingerprint density at radius 1 is 0.939 bits per heavy atom. The maximum absolute atomic E-state index is 6.09. The van der Waals surface area contributed by atoms with Crippen LogP contribution in [-0.2, 0) is 31.5 Å². The standard InChI is InChI=1S/C26H34N4O3/c1-26(2,3)22-8-6-7-9-23(22)33-18-21-17-30(28-27-21)13-12-29-11-10-19-14-24(31-4)25(32-5)15-20(19)16-29/h6-9,14-15,17H,10-13,16,18H2,1-5H3. The molecule has 1 aliphatic rings. The van der Waals surface area contributed by atoms with E-state index < -0.39 is 0 Å².